The molecule has 0 fully saturated rings. The molecule has 3 heteroatoms. The van der Waals surface area contributed by atoms with Gasteiger partial charge in [0.2, 0.25) is 0 Å². The molecule has 4 aromatic carbocycles. The number of fused-ring (bicyclic) bond motifs is 2. The Balaban J connectivity index is 1.70. The van der Waals surface area contributed by atoms with Crippen LogP contribution in [0.3, 0.4) is 0 Å². The van der Waals surface area contributed by atoms with Crippen molar-refractivity contribution in [2.75, 3.05) is 0 Å². The van der Waals surface area contributed by atoms with Gasteiger partial charge in [0.1, 0.15) is 5.82 Å². The van der Waals surface area contributed by atoms with Gasteiger partial charge in [-0.1, -0.05) is 78.9 Å². The van der Waals surface area contributed by atoms with Crippen molar-refractivity contribution in [2.45, 2.75) is 6.92 Å². The van der Waals surface area contributed by atoms with Crippen LogP contribution in [0.15, 0.2) is 84.9 Å². The first-order chi connectivity index (χ1) is 13.3. The molecule has 0 saturated heterocycles. The third-order valence-electron chi connectivity index (χ3n) is 4.79. The number of hydrogen-bond donors (Lipinski definition) is 0. The Bertz CT molecular complexity index is 1290. The van der Waals surface area contributed by atoms with Gasteiger partial charge in [-0.15, -0.1) is 0 Å². The summed E-state index contributed by atoms with van der Waals surface area (Å²) in [5.74, 6) is 2.13. The molecule has 5 rings (SSSR count). The van der Waals surface area contributed by atoms with Crippen molar-refractivity contribution < 1.29 is 0 Å². The van der Waals surface area contributed by atoms with Gasteiger partial charge in [-0.05, 0) is 34.5 Å². The average molecular weight is 347 g/mol. The summed E-state index contributed by atoms with van der Waals surface area (Å²) in [6.45, 7) is 1.92. The zero-order valence-corrected chi connectivity index (χ0v) is 14.9. The van der Waals surface area contributed by atoms with Crippen molar-refractivity contribution in [3.05, 3.63) is 90.8 Å². The molecule has 0 aliphatic carbocycles. The first-order valence-electron chi connectivity index (χ1n) is 8.98. The van der Waals surface area contributed by atoms with Gasteiger partial charge in [-0.2, -0.15) is 0 Å². The third kappa shape index (κ3) is 2.83. The number of hydrogen-bond acceptors (Lipinski definition) is 3. The zero-order chi connectivity index (χ0) is 18.2. The fourth-order valence-electron chi connectivity index (χ4n) is 3.48. The highest BCUT2D eigenvalue weighted by Crippen LogP contribution is 2.28. The molecule has 0 N–H and O–H groups in total. The third-order valence-corrected chi connectivity index (χ3v) is 4.79. The summed E-state index contributed by atoms with van der Waals surface area (Å²) in [4.78, 5) is 14.0. The summed E-state index contributed by atoms with van der Waals surface area (Å²) in [5.41, 5.74) is 2.03. The van der Waals surface area contributed by atoms with Crippen molar-refractivity contribution in [1.82, 2.24) is 15.0 Å². The minimum atomic E-state index is 0.705. The fraction of sp³-hybridized carbons (Fsp3) is 0.0417. The molecule has 128 valence electrons. The highest BCUT2D eigenvalue weighted by Gasteiger charge is 2.11. The van der Waals surface area contributed by atoms with E-state index in [1.165, 1.54) is 16.2 Å². The molecular weight excluding hydrogens is 330 g/mol. The van der Waals surface area contributed by atoms with Crippen LogP contribution in [0.25, 0.3) is 44.3 Å². The molecule has 0 aliphatic rings. The minimum absolute atomic E-state index is 0.705. The van der Waals surface area contributed by atoms with E-state index in [-0.39, 0.29) is 0 Å². The van der Waals surface area contributed by atoms with Crippen molar-refractivity contribution in [3.63, 3.8) is 0 Å². The fourth-order valence-corrected chi connectivity index (χ4v) is 3.48. The maximum Gasteiger partial charge on any atom is 0.164 e. The van der Waals surface area contributed by atoms with Crippen LogP contribution in [0.2, 0.25) is 0 Å². The Labute approximate surface area is 157 Å². The standard InChI is InChI=1S/C24H17N3/c1-16-25-23(20-14-13-17-7-2-3-9-19(17)15-20)27-24(26-16)22-12-6-10-18-8-4-5-11-21(18)22/h2-15H,1H3. The van der Waals surface area contributed by atoms with Crippen LogP contribution in [0, 0.1) is 6.92 Å². The molecule has 0 unspecified atom stereocenters. The van der Waals surface area contributed by atoms with E-state index in [4.69, 9.17) is 4.98 Å². The number of benzene rings is 4. The highest BCUT2D eigenvalue weighted by atomic mass is 15.0. The smallest absolute Gasteiger partial charge is 0.164 e. The van der Waals surface area contributed by atoms with Gasteiger partial charge in [0.05, 0.1) is 0 Å². The van der Waals surface area contributed by atoms with Gasteiger partial charge in [-0.3, -0.25) is 0 Å². The molecule has 0 bridgehead atoms. The summed E-state index contributed by atoms with van der Waals surface area (Å²) in [7, 11) is 0. The van der Waals surface area contributed by atoms with Crippen molar-refractivity contribution in [3.8, 4) is 22.8 Å². The predicted octanol–water partition coefficient (Wildman–Crippen LogP) is 5.82. The zero-order valence-electron chi connectivity index (χ0n) is 14.9. The van der Waals surface area contributed by atoms with E-state index < -0.39 is 0 Å². The lowest BCUT2D eigenvalue weighted by Gasteiger charge is -2.09. The summed E-state index contributed by atoms with van der Waals surface area (Å²) in [6, 6.07) is 29.2. The summed E-state index contributed by atoms with van der Waals surface area (Å²) in [6.07, 6.45) is 0. The lowest BCUT2D eigenvalue weighted by atomic mass is 10.0. The van der Waals surface area contributed by atoms with E-state index in [0.717, 1.165) is 22.3 Å². The van der Waals surface area contributed by atoms with E-state index in [0.29, 0.717) is 11.6 Å². The SMILES string of the molecule is Cc1nc(-c2ccc3ccccc3c2)nc(-c2cccc3ccccc23)n1. The second-order valence-electron chi connectivity index (χ2n) is 6.62. The van der Waals surface area contributed by atoms with Crippen LogP contribution in [0.1, 0.15) is 5.82 Å². The van der Waals surface area contributed by atoms with Crippen LogP contribution in [-0.4, -0.2) is 15.0 Å². The number of nitrogens with zero attached hydrogens (tertiary/aromatic N) is 3. The van der Waals surface area contributed by atoms with Crippen molar-refractivity contribution >= 4 is 21.5 Å². The topological polar surface area (TPSA) is 38.7 Å². The Hall–Kier alpha value is -3.59. The second-order valence-corrected chi connectivity index (χ2v) is 6.62. The van der Waals surface area contributed by atoms with Gasteiger partial charge in [0.25, 0.3) is 0 Å². The monoisotopic (exact) mass is 347 g/mol. The van der Waals surface area contributed by atoms with E-state index in [9.17, 15) is 0 Å². The molecule has 5 aromatic rings. The quantitative estimate of drug-likeness (QED) is 0.404. The van der Waals surface area contributed by atoms with Crippen molar-refractivity contribution in [2.24, 2.45) is 0 Å². The largest absolute Gasteiger partial charge is 0.213 e. The molecule has 27 heavy (non-hydrogen) atoms. The maximum atomic E-state index is 4.81. The molecule has 0 atom stereocenters. The second kappa shape index (κ2) is 6.29. The van der Waals surface area contributed by atoms with Crippen LogP contribution < -0.4 is 0 Å². The van der Waals surface area contributed by atoms with E-state index in [2.05, 4.69) is 64.6 Å². The minimum Gasteiger partial charge on any atom is -0.213 e. The molecule has 0 aliphatic heterocycles. The first kappa shape index (κ1) is 15.6. The molecular formula is C24H17N3. The first-order valence-corrected chi connectivity index (χ1v) is 8.98. The molecule has 3 nitrogen and oxygen atoms in total. The van der Waals surface area contributed by atoms with Crippen LogP contribution in [0.5, 0.6) is 0 Å². The average Bonchev–Trinajstić information content (AvgIpc) is 2.72. The number of rotatable bonds is 2. The Kier molecular flexibility index (Phi) is 3.65. The van der Waals surface area contributed by atoms with Gasteiger partial charge >= 0.3 is 0 Å². The summed E-state index contributed by atoms with van der Waals surface area (Å²) in [5, 5.41) is 4.72. The van der Waals surface area contributed by atoms with Gasteiger partial charge < -0.3 is 0 Å². The normalized spacial score (nSPS) is 11.1. The van der Waals surface area contributed by atoms with Crippen molar-refractivity contribution in [1.29, 1.82) is 0 Å². The predicted molar refractivity (Wildman–Crippen MR) is 110 cm³/mol. The molecule has 0 radical (unpaired) electrons. The molecule has 1 aromatic heterocycles. The Morgan fingerprint density at radius 1 is 0.556 bits per heavy atom. The van der Waals surface area contributed by atoms with Gasteiger partial charge in [-0.25, -0.2) is 15.0 Å². The van der Waals surface area contributed by atoms with Crippen LogP contribution in [-0.2, 0) is 0 Å². The molecule has 0 amide bonds. The Morgan fingerprint density at radius 2 is 1.26 bits per heavy atom. The Morgan fingerprint density at radius 3 is 2.15 bits per heavy atom. The van der Waals surface area contributed by atoms with Gasteiger partial charge in [0.15, 0.2) is 11.6 Å². The van der Waals surface area contributed by atoms with E-state index in [1.807, 2.05) is 37.3 Å². The van der Waals surface area contributed by atoms with Crippen LogP contribution >= 0.6 is 0 Å². The lowest BCUT2D eigenvalue weighted by Crippen LogP contribution is -2.00. The van der Waals surface area contributed by atoms with E-state index in [1.54, 1.807) is 0 Å². The maximum absolute atomic E-state index is 4.81. The molecule has 0 spiro atoms. The number of aromatic nitrogens is 3. The molecule has 1 heterocycles. The summed E-state index contributed by atoms with van der Waals surface area (Å²) < 4.78 is 0. The summed E-state index contributed by atoms with van der Waals surface area (Å²) >= 11 is 0. The molecule has 0 saturated carbocycles. The van der Waals surface area contributed by atoms with E-state index >= 15 is 0 Å². The van der Waals surface area contributed by atoms with Crippen LogP contribution in [0.4, 0.5) is 0 Å². The highest BCUT2D eigenvalue weighted by molar-refractivity contribution is 5.95. The number of aryl methyl sites for hydroxylation is 1. The van der Waals surface area contributed by atoms with Gasteiger partial charge in [0, 0.05) is 11.1 Å². The lowest BCUT2D eigenvalue weighted by molar-refractivity contribution is 0.993.